The molecule has 0 fully saturated rings. The highest BCUT2D eigenvalue weighted by molar-refractivity contribution is 7.99. The molecule has 0 saturated carbocycles. The number of ether oxygens (including phenoxy) is 1. The smallest absolute Gasteiger partial charge is 0.202 e. The fourth-order valence-corrected chi connectivity index (χ4v) is 3.50. The van der Waals surface area contributed by atoms with E-state index in [0.717, 1.165) is 17.0 Å². The third-order valence-electron chi connectivity index (χ3n) is 4.08. The molecule has 2 aromatic heterocycles. The van der Waals surface area contributed by atoms with Crippen molar-refractivity contribution in [3.05, 3.63) is 72.4 Å². The van der Waals surface area contributed by atoms with Crippen molar-refractivity contribution in [1.29, 1.82) is 5.26 Å². The first-order chi connectivity index (χ1) is 14.7. The summed E-state index contributed by atoms with van der Waals surface area (Å²) >= 11 is 1.26. The average molecular weight is 418 g/mol. The minimum atomic E-state index is -0.326. The first-order valence-corrected chi connectivity index (χ1v) is 9.84. The second-order valence-electron chi connectivity index (χ2n) is 6.03. The van der Waals surface area contributed by atoms with Crippen LogP contribution in [0.4, 0.5) is 4.39 Å². The summed E-state index contributed by atoms with van der Waals surface area (Å²) in [7, 11) is 0. The lowest BCUT2D eigenvalue weighted by Gasteiger charge is -2.11. The maximum Gasteiger partial charge on any atom is 0.202 e. The van der Waals surface area contributed by atoms with Crippen LogP contribution < -0.4 is 4.74 Å². The predicted octanol–water partition coefficient (Wildman–Crippen LogP) is 4.28. The van der Waals surface area contributed by atoms with Gasteiger partial charge in [0.05, 0.1) is 24.7 Å². The Morgan fingerprint density at radius 2 is 1.80 bits per heavy atom. The van der Waals surface area contributed by atoms with Gasteiger partial charge in [-0.3, -0.25) is 4.57 Å². The number of halogens is 1. The van der Waals surface area contributed by atoms with Gasteiger partial charge in [0.1, 0.15) is 22.7 Å². The molecule has 0 N–H and O–H groups in total. The lowest BCUT2D eigenvalue weighted by atomic mass is 10.2. The van der Waals surface area contributed by atoms with Crippen LogP contribution >= 0.6 is 11.8 Å². The summed E-state index contributed by atoms with van der Waals surface area (Å²) in [6, 6.07) is 15.5. The zero-order valence-electron chi connectivity index (χ0n) is 15.9. The summed E-state index contributed by atoms with van der Waals surface area (Å²) < 4.78 is 20.8. The molecule has 0 radical (unpaired) electrons. The highest BCUT2D eigenvalue weighted by Gasteiger charge is 2.18. The Labute approximate surface area is 176 Å². The minimum absolute atomic E-state index is 0.235. The summed E-state index contributed by atoms with van der Waals surface area (Å²) in [5, 5.41) is 18.6. The molecular formula is C21H15FN6OS. The lowest BCUT2D eigenvalue weighted by Crippen LogP contribution is -2.00. The van der Waals surface area contributed by atoms with Gasteiger partial charge in [0.15, 0.2) is 11.5 Å². The fourth-order valence-electron chi connectivity index (χ4n) is 2.73. The van der Waals surface area contributed by atoms with Crippen LogP contribution in [0, 0.1) is 17.1 Å². The van der Waals surface area contributed by atoms with Crippen LogP contribution in [-0.2, 0) is 0 Å². The van der Waals surface area contributed by atoms with Crippen LogP contribution in [0.5, 0.6) is 5.75 Å². The first-order valence-electron chi connectivity index (χ1n) is 9.02. The molecule has 0 bridgehead atoms. The Morgan fingerprint density at radius 1 is 1.03 bits per heavy atom. The van der Waals surface area contributed by atoms with Gasteiger partial charge < -0.3 is 4.74 Å². The zero-order valence-corrected chi connectivity index (χ0v) is 16.7. The molecule has 4 aromatic rings. The number of hydrogen-bond donors (Lipinski definition) is 0. The summed E-state index contributed by atoms with van der Waals surface area (Å²) in [5.41, 5.74) is 1.77. The fraction of sp³-hybridized carbons (Fsp3) is 0.0952. The third-order valence-corrected chi connectivity index (χ3v) is 4.95. The van der Waals surface area contributed by atoms with Crippen LogP contribution in [0.3, 0.4) is 0 Å². The maximum absolute atomic E-state index is 13.4. The molecule has 0 atom stereocenters. The van der Waals surface area contributed by atoms with E-state index >= 15 is 0 Å². The van der Waals surface area contributed by atoms with E-state index in [9.17, 15) is 4.39 Å². The second kappa shape index (κ2) is 8.71. The summed E-state index contributed by atoms with van der Waals surface area (Å²) in [5.74, 6) is 0.987. The molecule has 0 spiro atoms. The Hall–Kier alpha value is -3.77. The molecule has 0 aliphatic rings. The van der Waals surface area contributed by atoms with E-state index in [1.807, 2.05) is 41.8 Å². The van der Waals surface area contributed by atoms with Crippen LogP contribution in [0.25, 0.3) is 17.1 Å². The zero-order chi connectivity index (χ0) is 20.9. The summed E-state index contributed by atoms with van der Waals surface area (Å²) in [6.07, 6.45) is 2.92. The number of hydrogen-bond acceptors (Lipinski definition) is 7. The molecule has 4 rings (SSSR count). The van der Waals surface area contributed by atoms with Gasteiger partial charge in [-0.05, 0) is 67.2 Å². The van der Waals surface area contributed by atoms with Gasteiger partial charge in [0.2, 0.25) is 5.16 Å². The third kappa shape index (κ3) is 4.14. The van der Waals surface area contributed by atoms with Crippen molar-refractivity contribution < 1.29 is 9.13 Å². The average Bonchev–Trinajstić information content (AvgIpc) is 3.19. The Morgan fingerprint density at radius 3 is 2.43 bits per heavy atom. The van der Waals surface area contributed by atoms with E-state index in [2.05, 4.69) is 20.2 Å². The van der Waals surface area contributed by atoms with Crippen molar-refractivity contribution in [3.8, 4) is 28.9 Å². The molecule has 148 valence electrons. The van der Waals surface area contributed by atoms with E-state index in [4.69, 9.17) is 10.00 Å². The first kappa shape index (κ1) is 19.5. The molecule has 7 nitrogen and oxygen atoms in total. The molecule has 2 aromatic carbocycles. The minimum Gasteiger partial charge on any atom is -0.494 e. The van der Waals surface area contributed by atoms with Gasteiger partial charge in [0.25, 0.3) is 0 Å². The van der Waals surface area contributed by atoms with Crippen molar-refractivity contribution in [2.45, 2.75) is 17.1 Å². The monoisotopic (exact) mass is 418 g/mol. The van der Waals surface area contributed by atoms with Gasteiger partial charge >= 0.3 is 0 Å². The Kier molecular flexibility index (Phi) is 5.68. The van der Waals surface area contributed by atoms with E-state index in [1.54, 1.807) is 12.1 Å². The quantitative estimate of drug-likeness (QED) is 0.461. The summed E-state index contributed by atoms with van der Waals surface area (Å²) in [6.45, 7) is 2.50. The van der Waals surface area contributed by atoms with Crippen LogP contribution in [0.15, 0.2) is 71.1 Å². The predicted molar refractivity (Wildman–Crippen MR) is 109 cm³/mol. The topological polar surface area (TPSA) is 89.5 Å². The standard InChI is InChI=1S/C21H15FN6OS/c1-2-29-18-9-7-17(8-10-18)28-20(14-3-5-15(22)6-4-14)26-27-21(28)30-19-13-24-16(11-23)12-25-19/h3-10,12-13H,2H2,1H3. The van der Waals surface area contributed by atoms with E-state index in [-0.39, 0.29) is 11.5 Å². The Bertz CT molecular complexity index is 1180. The van der Waals surface area contributed by atoms with Crippen molar-refractivity contribution in [2.24, 2.45) is 0 Å². The molecule has 30 heavy (non-hydrogen) atoms. The number of nitriles is 1. The van der Waals surface area contributed by atoms with E-state index in [1.165, 1.54) is 36.3 Å². The van der Waals surface area contributed by atoms with Crippen molar-refractivity contribution in [3.63, 3.8) is 0 Å². The van der Waals surface area contributed by atoms with E-state index < -0.39 is 0 Å². The number of rotatable bonds is 6. The number of nitrogens with zero attached hydrogens (tertiary/aromatic N) is 6. The van der Waals surface area contributed by atoms with Crippen LogP contribution in [0.2, 0.25) is 0 Å². The molecule has 0 aliphatic heterocycles. The Balaban J connectivity index is 1.77. The highest BCUT2D eigenvalue weighted by Crippen LogP contribution is 2.31. The van der Waals surface area contributed by atoms with Crippen molar-refractivity contribution in [1.82, 2.24) is 24.7 Å². The molecule has 2 heterocycles. The molecular weight excluding hydrogens is 403 g/mol. The van der Waals surface area contributed by atoms with Gasteiger partial charge in [-0.15, -0.1) is 10.2 Å². The molecule has 0 amide bonds. The normalized spacial score (nSPS) is 10.6. The lowest BCUT2D eigenvalue weighted by molar-refractivity contribution is 0.340. The largest absolute Gasteiger partial charge is 0.494 e. The molecule has 0 saturated heterocycles. The molecule has 0 unspecified atom stereocenters. The molecule has 9 heteroatoms. The van der Waals surface area contributed by atoms with Crippen LogP contribution in [0.1, 0.15) is 12.6 Å². The molecule has 0 aliphatic carbocycles. The summed E-state index contributed by atoms with van der Waals surface area (Å²) in [4.78, 5) is 8.28. The van der Waals surface area contributed by atoms with E-state index in [0.29, 0.717) is 22.6 Å². The van der Waals surface area contributed by atoms with Gasteiger partial charge in [-0.2, -0.15) is 5.26 Å². The number of aromatic nitrogens is 5. The SMILES string of the molecule is CCOc1ccc(-n2c(Sc3cnc(C#N)cn3)nnc2-c2ccc(F)cc2)cc1. The second-order valence-corrected chi connectivity index (χ2v) is 7.02. The van der Waals surface area contributed by atoms with Crippen LogP contribution in [-0.4, -0.2) is 31.3 Å². The van der Waals surface area contributed by atoms with Crippen molar-refractivity contribution in [2.75, 3.05) is 6.61 Å². The van der Waals surface area contributed by atoms with Crippen molar-refractivity contribution >= 4 is 11.8 Å². The van der Waals surface area contributed by atoms with Gasteiger partial charge in [-0.1, -0.05) is 0 Å². The number of benzene rings is 2. The van der Waals surface area contributed by atoms with Gasteiger partial charge in [-0.25, -0.2) is 14.4 Å². The highest BCUT2D eigenvalue weighted by atomic mass is 32.2. The van der Waals surface area contributed by atoms with Gasteiger partial charge in [0, 0.05) is 5.56 Å². The maximum atomic E-state index is 13.4.